The fraction of sp³-hybridized carbons (Fsp3) is 0.929. The van der Waals surface area contributed by atoms with E-state index >= 15 is 0 Å². The molecule has 0 radical (unpaired) electrons. The number of hydrogen-bond donors (Lipinski definition) is 2. The van der Waals surface area contributed by atoms with Gasteiger partial charge in [0.25, 0.3) is 0 Å². The average Bonchev–Trinajstić information content (AvgIpc) is 2.73. The molecule has 0 aromatic heterocycles. The van der Waals surface area contributed by atoms with Crippen LogP contribution in [0.1, 0.15) is 57.8 Å². The summed E-state index contributed by atoms with van der Waals surface area (Å²) in [6, 6.07) is 0.436. The minimum atomic E-state index is 0.110. The summed E-state index contributed by atoms with van der Waals surface area (Å²) < 4.78 is 0. The number of hydrogen-bond acceptors (Lipinski definition) is 2. The molecule has 4 nitrogen and oxygen atoms in total. The molecule has 18 heavy (non-hydrogen) atoms. The molecule has 2 unspecified atom stereocenters. The summed E-state index contributed by atoms with van der Waals surface area (Å²) in [5.41, 5.74) is 6.15. The van der Waals surface area contributed by atoms with E-state index in [-0.39, 0.29) is 18.1 Å². The van der Waals surface area contributed by atoms with Gasteiger partial charge in [0.2, 0.25) is 0 Å². The summed E-state index contributed by atoms with van der Waals surface area (Å²) in [6.07, 6.45) is 10.5. The first-order valence-electron chi connectivity index (χ1n) is 7.58. The number of rotatable bonds is 1. The largest absolute Gasteiger partial charge is 0.334 e. The van der Waals surface area contributed by atoms with Gasteiger partial charge in [0, 0.05) is 25.2 Å². The van der Waals surface area contributed by atoms with Crippen molar-refractivity contribution >= 4 is 6.03 Å². The molecule has 104 valence electrons. The normalized spacial score (nSPS) is 30.4. The van der Waals surface area contributed by atoms with Crippen molar-refractivity contribution in [1.82, 2.24) is 10.2 Å². The van der Waals surface area contributed by atoms with E-state index in [0.717, 1.165) is 38.8 Å². The van der Waals surface area contributed by atoms with Gasteiger partial charge in [-0.1, -0.05) is 32.1 Å². The topological polar surface area (TPSA) is 58.4 Å². The summed E-state index contributed by atoms with van der Waals surface area (Å²) in [6.45, 7) is 1.82. The minimum absolute atomic E-state index is 0.110. The summed E-state index contributed by atoms with van der Waals surface area (Å²) in [7, 11) is 0. The second-order valence-electron chi connectivity index (χ2n) is 5.76. The number of urea groups is 1. The maximum absolute atomic E-state index is 12.2. The van der Waals surface area contributed by atoms with Crippen molar-refractivity contribution in [2.45, 2.75) is 69.9 Å². The second kappa shape index (κ2) is 6.98. The zero-order valence-corrected chi connectivity index (χ0v) is 11.4. The van der Waals surface area contributed by atoms with Crippen molar-refractivity contribution in [3.63, 3.8) is 0 Å². The summed E-state index contributed by atoms with van der Waals surface area (Å²) >= 11 is 0. The highest BCUT2D eigenvalue weighted by Gasteiger charge is 2.24. The van der Waals surface area contributed by atoms with Crippen LogP contribution in [0.3, 0.4) is 0 Å². The maximum atomic E-state index is 12.2. The first kappa shape index (κ1) is 13.7. The SMILES string of the molecule is NC1CCCCCC1NC(=O)N1CCCCCC1. The maximum Gasteiger partial charge on any atom is 0.317 e. The third kappa shape index (κ3) is 3.87. The van der Waals surface area contributed by atoms with Gasteiger partial charge in [-0.2, -0.15) is 0 Å². The van der Waals surface area contributed by atoms with Gasteiger partial charge in [-0.3, -0.25) is 0 Å². The molecule has 2 atom stereocenters. The molecular weight excluding hydrogens is 226 g/mol. The standard InChI is InChI=1S/C14H27N3O/c15-12-8-4-3-5-9-13(12)16-14(18)17-10-6-1-2-7-11-17/h12-13H,1-11,15H2,(H,16,18). The predicted molar refractivity (Wildman–Crippen MR) is 73.4 cm³/mol. The van der Waals surface area contributed by atoms with Crippen LogP contribution in [0.5, 0.6) is 0 Å². The van der Waals surface area contributed by atoms with E-state index in [2.05, 4.69) is 5.32 Å². The van der Waals surface area contributed by atoms with Crippen molar-refractivity contribution in [3.8, 4) is 0 Å². The van der Waals surface area contributed by atoms with Crippen molar-refractivity contribution in [1.29, 1.82) is 0 Å². The summed E-state index contributed by atoms with van der Waals surface area (Å²) in [5.74, 6) is 0. The highest BCUT2D eigenvalue weighted by atomic mass is 16.2. The lowest BCUT2D eigenvalue weighted by Crippen LogP contribution is -2.51. The van der Waals surface area contributed by atoms with Crippen molar-refractivity contribution in [3.05, 3.63) is 0 Å². The van der Waals surface area contributed by atoms with E-state index < -0.39 is 0 Å². The van der Waals surface area contributed by atoms with Crippen LogP contribution in [0.15, 0.2) is 0 Å². The quantitative estimate of drug-likeness (QED) is 0.704. The highest BCUT2D eigenvalue weighted by molar-refractivity contribution is 5.74. The highest BCUT2D eigenvalue weighted by Crippen LogP contribution is 2.17. The fourth-order valence-corrected chi connectivity index (χ4v) is 3.04. The molecule has 2 amide bonds. The Labute approximate surface area is 110 Å². The number of amides is 2. The Morgan fingerprint density at radius 1 is 0.944 bits per heavy atom. The molecule has 0 aromatic carbocycles. The third-order valence-electron chi connectivity index (χ3n) is 4.27. The molecular formula is C14H27N3O. The molecule has 4 heteroatoms. The molecule has 1 saturated heterocycles. The molecule has 1 aliphatic carbocycles. The lowest BCUT2D eigenvalue weighted by Gasteiger charge is -2.27. The number of likely N-dealkylation sites (tertiary alicyclic amines) is 1. The number of nitrogens with one attached hydrogen (secondary N) is 1. The van der Waals surface area contributed by atoms with Gasteiger partial charge in [-0.05, 0) is 25.7 Å². The lowest BCUT2D eigenvalue weighted by molar-refractivity contribution is 0.192. The zero-order chi connectivity index (χ0) is 12.8. The van der Waals surface area contributed by atoms with E-state index in [4.69, 9.17) is 5.73 Å². The number of carbonyl (C=O) groups excluding carboxylic acids is 1. The zero-order valence-electron chi connectivity index (χ0n) is 11.4. The number of nitrogens with two attached hydrogens (primary N) is 1. The molecule has 0 spiro atoms. The predicted octanol–water partition coefficient (Wildman–Crippen LogP) is 2.23. The lowest BCUT2D eigenvalue weighted by atomic mass is 10.0. The second-order valence-corrected chi connectivity index (χ2v) is 5.76. The Morgan fingerprint density at radius 3 is 2.28 bits per heavy atom. The molecule has 3 N–H and O–H groups in total. The smallest absolute Gasteiger partial charge is 0.317 e. The molecule has 0 bridgehead atoms. The van der Waals surface area contributed by atoms with Crippen molar-refractivity contribution < 1.29 is 4.79 Å². The Balaban J connectivity index is 1.84. The van der Waals surface area contributed by atoms with Gasteiger partial charge >= 0.3 is 6.03 Å². The van der Waals surface area contributed by atoms with Crippen LogP contribution in [-0.4, -0.2) is 36.1 Å². The van der Waals surface area contributed by atoms with E-state index in [1.165, 1.54) is 32.1 Å². The Morgan fingerprint density at radius 2 is 1.56 bits per heavy atom. The fourth-order valence-electron chi connectivity index (χ4n) is 3.04. The molecule has 2 rings (SSSR count). The molecule has 1 saturated carbocycles. The van der Waals surface area contributed by atoms with E-state index in [1.54, 1.807) is 0 Å². The van der Waals surface area contributed by atoms with Crippen LogP contribution in [0, 0.1) is 0 Å². The molecule has 1 aliphatic heterocycles. The molecule has 1 heterocycles. The average molecular weight is 253 g/mol. The number of carbonyl (C=O) groups is 1. The van der Waals surface area contributed by atoms with E-state index in [0.29, 0.717) is 0 Å². The van der Waals surface area contributed by atoms with E-state index in [9.17, 15) is 4.79 Å². The van der Waals surface area contributed by atoms with Gasteiger partial charge in [0.05, 0.1) is 0 Å². The van der Waals surface area contributed by atoms with Crippen LogP contribution in [0.25, 0.3) is 0 Å². The van der Waals surface area contributed by atoms with Gasteiger partial charge in [0.15, 0.2) is 0 Å². The minimum Gasteiger partial charge on any atom is -0.334 e. The molecule has 2 aliphatic rings. The van der Waals surface area contributed by atoms with Crippen LogP contribution >= 0.6 is 0 Å². The van der Waals surface area contributed by atoms with E-state index in [1.807, 2.05) is 4.90 Å². The van der Waals surface area contributed by atoms with Crippen LogP contribution in [0.2, 0.25) is 0 Å². The summed E-state index contributed by atoms with van der Waals surface area (Å²) in [4.78, 5) is 14.2. The number of nitrogens with zero attached hydrogens (tertiary/aromatic N) is 1. The summed E-state index contributed by atoms with van der Waals surface area (Å²) in [5, 5.41) is 3.17. The first-order valence-corrected chi connectivity index (χ1v) is 7.58. The Bertz CT molecular complexity index is 262. The van der Waals surface area contributed by atoms with Crippen molar-refractivity contribution in [2.75, 3.05) is 13.1 Å². The third-order valence-corrected chi connectivity index (χ3v) is 4.27. The van der Waals surface area contributed by atoms with Gasteiger partial charge in [-0.25, -0.2) is 4.79 Å². The first-order chi connectivity index (χ1) is 8.77. The Hall–Kier alpha value is -0.770. The van der Waals surface area contributed by atoms with Crippen LogP contribution < -0.4 is 11.1 Å². The van der Waals surface area contributed by atoms with Crippen molar-refractivity contribution in [2.24, 2.45) is 5.73 Å². The van der Waals surface area contributed by atoms with Crippen LogP contribution in [-0.2, 0) is 0 Å². The van der Waals surface area contributed by atoms with Gasteiger partial charge < -0.3 is 16.0 Å². The monoisotopic (exact) mass is 253 g/mol. The van der Waals surface area contributed by atoms with Gasteiger partial charge in [0.1, 0.15) is 0 Å². The molecule has 0 aromatic rings. The Kier molecular flexibility index (Phi) is 5.29. The van der Waals surface area contributed by atoms with Crippen LogP contribution in [0.4, 0.5) is 4.79 Å². The van der Waals surface area contributed by atoms with Gasteiger partial charge in [-0.15, -0.1) is 0 Å². The molecule has 2 fully saturated rings.